The number of alkyl halides is 3. The zero-order chi connectivity index (χ0) is 33.8. The summed E-state index contributed by atoms with van der Waals surface area (Å²) in [7, 11) is -0.839. The second-order valence-corrected chi connectivity index (χ2v) is 13.6. The lowest BCUT2D eigenvalue weighted by Crippen LogP contribution is -2.49. The average Bonchev–Trinajstić information content (AvgIpc) is 2.99. The molecule has 250 valence electrons. The van der Waals surface area contributed by atoms with Crippen LogP contribution in [0.25, 0.3) is 0 Å². The molecule has 2 aromatic carbocycles. The Morgan fingerprint density at radius 2 is 1.93 bits per heavy atom. The molecule has 11 nitrogen and oxygen atoms in total. The van der Waals surface area contributed by atoms with Crippen molar-refractivity contribution in [3.05, 3.63) is 64.8 Å². The lowest BCUT2D eigenvalue weighted by atomic mass is 10.0. The van der Waals surface area contributed by atoms with Crippen LogP contribution >= 0.6 is 0 Å². The summed E-state index contributed by atoms with van der Waals surface area (Å²) < 4.78 is 72.7. The highest BCUT2D eigenvalue weighted by molar-refractivity contribution is 7.92. The van der Waals surface area contributed by atoms with Crippen molar-refractivity contribution in [1.82, 2.24) is 20.2 Å². The van der Waals surface area contributed by atoms with Gasteiger partial charge >= 0.3 is 6.18 Å². The first-order valence-electron chi connectivity index (χ1n) is 14.8. The highest BCUT2D eigenvalue weighted by atomic mass is 32.2. The van der Waals surface area contributed by atoms with Gasteiger partial charge in [0.2, 0.25) is 16.0 Å². The third-order valence-electron chi connectivity index (χ3n) is 7.85. The van der Waals surface area contributed by atoms with Gasteiger partial charge in [-0.25, -0.2) is 13.4 Å². The van der Waals surface area contributed by atoms with Gasteiger partial charge in [-0.1, -0.05) is 12.1 Å². The Balaban J connectivity index is 1.55. The number of sulfonamides is 1. The van der Waals surface area contributed by atoms with Crippen LogP contribution in [0.15, 0.2) is 42.6 Å². The van der Waals surface area contributed by atoms with E-state index in [2.05, 4.69) is 44.7 Å². The fraction of sp³-hybridized carbons (Fsp3) is 0.452. The van der Waals surface area contributed by atoms with Gasteiger partial charge in [-0.3, -0.25) is 14.0 Å². The van der Waals surface area contributed by atoms with E-state index >= 15 is 0 Å². The fourth-order valence-corrected chi connectivity index (χ4v) is 5.70. The van der Waals surface area contributed by atoms with E-state index in [4.69, 9.17) is 4.74 Å². The van der Waals surface area contributed by atoms with Gasteiger partial charge in [0.15, 0.2) is 0 Å². The number of piperidine rings is 1. The second-order valence-electron chi connectivity index (χ2n) is 11.6. The average molecular weight is 664 g/mol. The largest absolute Gasteiger partial charge is 0.495 e. The summed E-state index contributed by atoms with van der Waals surface area (Å²) in [4.78, 5) is 23.3. The number of likely N-dealkylation sites (tertiary alicyclic amines) is 1. The first-order chi connectivity index (χ1) is 21.6. The lowest BCUT2D eigenvalue weighted by Gasteiger charge is -2.35. The number of carbonyl (C=O) groups excluding carboxylic acids is 1. The quantitative estimate of drug-likeness (QED) is 0.255. The van der Waals surface area contributed by atoms with E-state index in [-0.39, 0.29) is 30.2 Å². The molecule has 0 unspecified atom stereocenters. The Kier molecular flexibility index (Phi) is 10.7. The number of hydrogen-bond acceptors (Lipinski definition) is 9. The van der Waals surface area contributed by atoms with Crippen molar-refractivity contribution in [3.8, 4) is 5.75 Å². The summed E-state index contributed by atoms with van der Waals surface area (Å²) in [6.07, 6.45) is -1.19. The summed E-state index contributed by atoms with van der Waals surface area (Å²) in [5.74, 6) is -0.642. The van der Waals surface area contributed by atoms with Gasteiger partial charge in [0.25, 0.3) is 5.91 Å². The molecule has 0 saturated carbocycles. The van der Waals surface area contributed by atoms with Crippen LogP contribution in [0.5, 0.6) is 5.75 Å². The van der Waals surface area contributed by atoms with Gasteiger partial charge < -0.3 is 20.7 Å². The van der Waals surface area contributed by atoms with Crippen molar-refractivity contribution >= 4 is 39.1 Å². The Labute approximate surface area is 267 Å². The number of rotatable bonds is 11. The molecule has 0 aliphatic carbocycles. The summed E-state index contributed by atoms with van der Waals surface area (Å²) in [5, 5.41) is 8.68. The molecule has 1 fully saturated rings. The van der Waals surface area contributed by atoms with E-state index in [9.17, 15) is 26.4 Å². The third kappa shape index (κ3) is 8.57. The number of nitrogens with one attached hydrogen (secondary N) is 3. The van der Waals surface area contributed by atoms with E-state index in [1.165, 1.54) is 14.2 Å². The van der Waals surface area contributed by atoms with Crippen molar-refractivity contribution in [2.45, 2.75) is 58.4 Å². The first-order valence-corrected chi connectivity index (χ1v) is 16.6. The normalized spacial score (nSPS) is 15.8. The van der Waals surface area contributed by atoms with Crippen molar-refractivity contribution in [1.29, 1.82) is 0 Å². The molecule has 0 bridgehead atoms. The Morgan fingerprint density at radius 3 is 2.59 bits per heavy atom. The van der Waals surface area contributed by atoms with E-state index in [1.54, 1.807) is 43.3 Å². The SMILES string of the molecule is COc1cc(C(=O)N[C@@H]2CCCN(C(C)C)C2)ccc1Nc1ncc(C(F)(F)F)c(NCc2ccc(C)cc2N(C)S(C)(=O)=O)n1. The molecule has 0 radical (unpaired) electrons. The van der Waals surface area contributed by atoms with Gasteiger partial charge in [0.05, 0.1) is 24.7 Å². The number of ether oxygens (including phenoxy) is 1. The van der Waals surface area contributed by atoms with Gasteiger partial charge in [-0.05, 0) is 75.5 Å². The number of halogens is 3. The molecule has 1 saturated heterocycles. The van der Waals surface area contributed by atoms with Crippen LogP contribution in [0.1, 0.15) is 53.7 Å². The molecule has 4 rings (SSSR count). The second kappa shape index (κ2) is 14.1. The minimum absolute atomic E-state index is 0.0154. The van der Waals surface area contributed by atoms with Gasteiger partial charge in [-0.15, -0.1) is 0 Å². The van der Waals surface area contributed by atoms with Crippen LogP contribution in [0.3, 0.4) is 0 Å². The minimum Gasteiger partial charge on any atom is -0.495 e. The Morgan fingerprint density at radius 1 is 1.20 bits per heavy atom. The summed E-state index contributed by atoms with van der Waals surface area (Å²) in [5.41, 5.74) is 1.16. The molecule has 3 aromatic rings. The predicted octanol–water partition coefficient (Wildman–Crippen LogP) is 5.17. The molecule has 1 aromatic heterocycles. The maximum atomic E-state index is 13.9. The van der Waals surface area contributed by atoms with E-state index in [0.29, 0.717) is 34.7 Å². The first kappa shape index (κ1) is 34.8. The van der Waals surface area contributed by atoms with Gasteiger partial charge in [0.1, 0.15) is 17.1 Å². The van der Waals surface area contributed by atoms with Crippen molar-refractivity contribution in [2.24, 2.45) is 0 Å². The number of hydrogen-bond donors (Lipinski definition) is 3. The zero-order valence-corrected chi connectivity index (χ0v) is 27.5. The lowest BCUT2D eigenvalue weighted by molar-refractivity contribution is -0.137. The topological polar surface area (TPSA) is 129 Å². The molecule has 0 spiro atoms. The predicted molar refractivity (Wildman–Crippen MR) is 172 cm³/mol. The highest BCUT2D eigenvalue weighted by Crippen LogP contribution is 2.36. The molecule has 3 N–H and O–H groups in total. The van der Waals surface area contributed by atoms with E-state index in [0.717, 1.165) is 42.1 Å². The summed E-state index contributed by atoms with van der Waals surface area (Å²) in [6, 6.07) is 10.1. The van der Waals surface area contributed by atoms with Crippen LogP contribution in [-0.4, -0.2) is 74.8 Å². The summed E-state index contributed by atoms with van der Waals surface area (Å²) in [6.45, 7) is 7.64. The number of carbonyl (C=O) groups is 1. The minimum atomic E-state index is -4.77. The molecular formula is C31H40F3N7O4S. The van der Waals surface area contributed by atoms with E-state index < -0.39 is 27.6 Å². The summed E-state index contributed by atoms with van der Waals surface area (Å²) >= 11 is 0. The molecule has 2 heterocycles. The van der Waals surface area contributed by atoms with Crippen molar-refractivity contribution in [3.63, 3.8) is 0 Å². The Hall–Kier alpha value is -4.11. The van der Waals surface area contributed by atoms with Crippen LogP contribution < -0.4 is 25.0 Å². The third-order valence-corrected chi connectivity index (χ3v) is 9.04. The zero-order valence-electron chi connectivity index (χ0n) is 26.7. The highest BCUT2D eigenvalue weighted by Gasteiger charge is 2.35. The van der Waals surface area contributed by atoms with Gasteiger partial charge in [0, 0.05) is 44.0 Å². The molecular weight excluding hydrogens is 623 g/mol. The fourth-order valence-electron chi connectivity index (χ4n) is 5.18. The molecule has 1 amide bonds. The standard InChI is InChI=1S/C31H40F3N7O4S/c1-19(2)41-13-7-8-23(18-41)37-29(42)21-11-12-25(27(15-21)45-5)38-30-36-17-24(31(32,33)34)28(39-30)35-16-22-10-9-20(3)14-26(22)40(4)46(6,43)44/h9-12,14-15,17,19,23H,7-8,13,16,18H2,1-6H3,(H,37,42)(H2,35,36,38,39)/t23-/m1/s1. The number of benzene rings is 2. The monoisotopic (exact) mass is 663 g/mol. The van der Waals surface area contributed by atoms with Crippen molar-refractivity contribution < 1.29 is 31.1 Å². The molecule has 1 aliphatic heterocycles. The number of anilines is 4. The van der Waals surface area contributed by atoms with Crippen LogP contribution in [0.4, 0.5) is 36.3 Å². The number of amides is 1. The van der Waals surface area contributed by atoms with Crippen LogP contribution in [0, 0.1) is 6.92 Å². The number of aryl methyl sites for hydroxylation is 1. The maximum Gasteiger partial charge on any atom is 0.421 e. The molecule has 46 heavy (non-hydrogen) atoms. The van der Waals surface area contributed by atoms with Crippen LogP contribution in [0.2, 0.25) is 0 Å². The smallest absolute Gasteiger partial charge is 0.421 e. The molecule has 1 atom stereocenters. The number of aromatic nitrogens is 2. The van der Waals surface area contributed by atoms with Crippen molar-refractivity contribution in [2.75, 3.05) is 48.4 Å². The Bertz CT molecular complexity index is 1670. The van der Waals surface area contributed by atoms with E-state index in [1.807, 2.05) is 0 Å². The number of nitrogens with zero attached hydrogens (tertiary/aromatic N) is 4. The number of methoxy groups -OCH3 is 1. The van der Waals surface area contributed by atoms with Crippen LogP contribution in [-0.2, 0) is 22.7 Å². The van der Waals surface area contributed by atoms with Gasteiger partial charge in [-0.2, -0.15) is 18.2 Å². The maximum absolute atomic E-state index is 13.9. The molecule has 15 heteroatoms. The molecule has 1 aliphatic rings.